The first-order chi connectivity index (χ1) is 8.35. The van der Waals surface area contributed by atoms with Crippen LogP contribution in [0.25, 0.3) is 0 Å². The Morgan fingerprint density at radius 3 is 3.06 bits per heavy atom. The van der Waals surface area contributed by atoms with E-state index in [1.54, 1.807) is 0 Å². The van der Waals surface area contributed by atoms with Crippen molar-refractivity contribution in [1.82, 2.24) is 5.32 Å². The van der Waals surface area contributed by atoms with Crippen LogP contribution >= 0.6 is 0 Å². The lowest BCUT2D eigenvalue weighted by molar-refractivity contribution is 0.0389. The molecule has 17 heavy (non-hydrogen) atoms. The zero-order valence-electron chi connectivity index (χ0n) is 10.4. The fraction of sp³-hybridized carbons (Fsp3) is 0.571. The maximum Gasteiger partial charge on any atom is 0.0952 e. The number of hydrogen-bond donors (Lipinski definition) is 2. The number of hydrogen-bond acceptors (Lipinski definition) is 3. The van der Waals surface area contributed by atoms with E-state index in [1.807, 2.05) is 0 Å². The normalized spacial score (nSPS) is 20.9. The molecule has 2 rings (SSSR count). The van der Waals surface area contributed by atoms with Gasteiger partial charge in [-0.25, -0.2) is 0 Å². The Morgan fingerprint density at radius 2 is 2.29 bits per heavy atom. The molecule has 0 aromatic heterocycles. The van der Waals surface area contributed by atoms with E-state index >= 15 is 0 Å². The Labute approximate surface area is 103 Å². The Balaban J connectivity index is 1.99. The minimum absolute atomic E-state index is 0.126. The third-order valence-electron chi connectivity index (χ3n) is 3.40. The first-order valence-electron chi connectivity index (χ1n) is 6.38. The van der Waals surface area contributed by atoms with E-state index in [0.717, 1.165) is 26.0 Å². The van der Waals surface area contributed by atoms with E-state index in [-0.39, 0.29) is 18.8 Å². The largest absolute Gasteiger partial charge is 0.395 e. The summed E-state index contributed by atoms with van der Waals surface area (Å²) in [5, 5.41) is 12.5. The SMILES string of the molecule is CCC(CO)NCC1OCCc2ccccc21. The monoisotopic (exact) mass is 235 g/mol. The van der Waals surface area contributed by atoms with Crippen molar-refractivity contribution < 1.29 is 9.84 Å². The molecule has 2 N–H and O–H groups in total. The topological polar surface area (TPSA) is 41.5 Å². The van der Waals surface area contributed by atoms with Crippen molar-refractivity contribution in [2.24, 2.45) is 0 Å². The van der Waals surface area contributed by atoms with Gasteiger partial charge in [-0.2, -0.15) is 0 Å². The Hall–Kier alpha value is -0.900. The molecule has 3 heteroatoms. The number of rotatable bonds is 5. The maximum atomic E-state index is 9.15. The molecule has 0 spiro atoms. The van der Waals surface area contributed by atoms with E-state index < -0.39 is 0 Å². The van der Waals surface area contributed by atoms with Crippen LogP contribution < -0.4 is 5.32 Å². The van der Waals surface area contributed by atoms with Gasteiger partial charge < -0.3 is 15.2 Å². The molecule has 0 fully saturated rings. The molecule has 1 aliphatic heterocycles. The van der Waals surface area contributed by atoms with Gasteiger partial charge in [-0.05, 0) is 24.0 Å². The van der Waals surface area contributed by atoms with Crippen LogP contribution in [0, 0.1) is 0 Å². The summed E-state index contributed by atoms with van der Waals surface area (Å²) in [5.74, 6) is 0. The lowest BCUT2D eigenvalue weighted by Crippen LogP contribution is -2.36. The summed E-state index contributed by atoms with van der Waals surface area (Å²) in [6.07, 6.45) is 2.06. The van der Waals surface area contributed by atoms with Crippen LogP contribution in [0.3, 0.4) is 0 Å². The fourth-order valence-electron chi connectivity index (χ4n) is 2.26. The molecule has 0 radical (unpaired) electrons. The van der Waals surface area contributed by atoms with Gasteiger partial charge >= 0.3 is 0 Å². The highest BCUT2D eigenvalue weighted by Crippen LogP contribution is 2.26. The summed E-state index contributed by atoms with van der Waals surface area (Å²) < 4.78 is 5.80. The molecule has 1 aromatic carbocycles. The van der Waals surface area contributed by atoms with Crippen molar-refractivity contribution in [2.45, 2.75) is 31.9 Å². The number of fused-ring (bicyclic) bond motifs is 1. The molecule has 1 aromatic rings. The molecule has 0 bridgehead atoms. The highest BCUT2D eigenvalue weighted by atomic mass is 16.5. The molecule has 0 aliphatic carbocycles. The highest BCUT2D eigenvalue weighted by molar-refractivity contribution is 5.31. The predicted molar refractivity (Wildman–Crippen MR) is 68.0 cm³/mol. The van der Waals surface area contributed by atoms with Crippen LogP contribution in [0.1, 0.15) is 30.6 Å². The number of benzene rings is 1. The highest BCUT2D eigenvalue weighted by Gasteiger charge is 2.20. The fourth-order valence-corrected chi connectivity index (χ4v) is 2.26. The van der Waals surface area contributed by atoms with Gasteiger partial charge in [0.15, 0.2) is 0 Å². The van der Waals surface area contributed by atoms with Crippen molar-refractivity contribution in [3.63, 3.8) is 0 Å². The molecule has 0 saturated carbocycles. The molecule has 94 valence electrons. The molecule has 2 unspecified atom stereocenters. The van der Waals surface area contributed by atoms with Crippen molar-refractivity contribution in [2.75, 3.05) is 19.8 Å². The molecule has 0 saturated heterocycles. The van der Waals surface area contributed by atoms with Crippen molar-refractivity contribution in [1.29, 1.82) is 0 Å². The predicted octanol–water partition coefficient (Wildman–Crippen LogP) is 1.66. The third kappa shape index (κ3) is 3.06. The number of aliphatic hydroxyl groups is 1. The van der Waals surface area contributed by atoms with E-state index in [9.17, 15) is 0 Å². The second-order valence-electron chi connectivity index (χ2n) is 4.50. The summed E-state index contributed by atoms with van der Waals surface area (Å²) in [5.41, 5.74) is 2.68. The van der Waals surface area contributed by atoms with Crippen LogP contribution in [0.4, 0.5) is 0 Å². The van der Waals surface area contributed by atoms with Crippen molar-refractivity contribution in [3.8, 4) is 0 Å². The van der Waals surface area contributed by atoms with Gasteiger partial charge in [0.05, 0.1) is 19.3 Å². The van der Waals surface area contributed by atoms with Crippen LogP contribution in [-0.2, 0) is 11.2 Å². The standard InChI is InChI=1S/C14H21NO2/c1-2-12(10-16)15-9-14-13-6-4-3-5-11(13)7-8-17-14/h3-6,12,14-16H,2,7-10H2,1H3. The number of nitrogens with one attached hydrogen (secondary N) is 1. The van der Waals surface area contributed by atoms with Gasteiger partial charge in [0.25, 0.3) is 0 Å². The molecule has 0 amide bonds. The lowest BCUT2D eigenvalue weighted by atomic mass is 9.97. The zero-order chi connectivity index (χ0) is 12.1. The molecular weight excluding hydrogens is 214 g/mol. The van der Waals surface area contributed by atoms with E-state index in [2.05, 4.69) is 36.5 Å². The summed E-state index contributed by atoms with van der Waals surface area (Å²) in [6.45, 7) is 3.82. The second-order valence-corrected chi connectivity index (χ2v) is 4.50. The molecule has 3 nitrogen and oxygen atoms in total. The van der Waals surface area contributed by atoms with E-state index in [4.69, 9.17) is 9.84 Å². The van der Waals surface area contributed by atoms with E-state index in [1.165, 1.54) is 11.1 Å². The van der Waals surface area contributed by atoms with Crippen molar-refractivity contribution in [3.05, 3.63) is 35.4 Å². The Morgan fingerprint density at radius 1 is 1.47 bits per heavy atom. The smallest absolute Gasteiger partial charge is 0.0952 e. The summed E-state index contributed by atoms with van der Waals surface area (Å²) in [6, 6.07) is 8.63. The molecule has 1 aliphatic rings. The van der Waals surface area contributed by atoms with Gasteiger partial charge in [-0.1, -0.05) is 31.2 Å². The first kappa shape index (κ1) is 12.6. The molecule has 2 atom stereocenters. The minimum Gasteiger partial charge on any atom is -0.395 e. The van der Waals surface area contributed by atoms with E-state index in [0.29, 0.717) is 0 Å². The maximum absolute atomic E-state index is 9.15. The van der Waals surface area contributed by atoms with Crippen LogP contribution in [0.5, 0.6) is 0 Å². The molecular formula is C14H21NO2. The van der Waals surface area contributed by atoms with Crippen LogP contribution in [0.15, 0.2) is 24.3 Å². The van der Waals surface area contributed by atoms with Gasteiger partial charge in [-0.15, -0.1) is 0 Å². The van der Waals surface area contributed by atoms with Crippen molar-refractivity contribution >= 4 is 0 Å². The van der Waals surface area contributed by atoms with Crippen LogP contribution in [-0.4, -0.2) is 30.9 Å². The van der Waals surface area contributed by atoms with Gasteiger partial charge in [0.2, 0.25) is 0 Å². The summed E-state index contributed by atoms with van der Waals surface area (Å²) in [7, 11) is 0. The van der Waals surface area contributed by atoms with Gasteiger partial charge in [-0.3, -0.25) is 0 Å². The summed E-state index contributed by atoms with van der Waals surface area (Å²) >= 11 is 0. The Bertz CT molecular complexity index is 350. The second kappa shape index (κ2) is 6.15. The molecule has 1 heterocycles. The lowest BCUT2D eigenvalue weighted by Gasteiger charge is -2.27. The zero-order valence-corrected chi connectivity index (χ0v) is 10.4. The number of ether oxygens (including phenoxy) is 1. The quantitative estimate of drug-likeness (QED) is 0.815. The minimum atomic E-state index is 0.126. The van der Waals surface area contributed by atoms with Gasteiger partial charge in [0, 0.05) is 12.6 Å². The van der Waals surface area contributed by atoms with Crippen LogP contribution in [0.2, 0.25) is 0 Å². The average Bonchev–Trinajstić information content (AvgIpc) is 2.40. The average molecular weight is 235 g/mol. The Kier molecular flexibility index (Phi) is 4.54. The number of aliphatic hydroxyl groups excluding tert-OH is 1. The first-order valence-corrected chi connectivity index (χ1v) is 6.38. The summed E-state index contributed by atoms with van der Waals surface area (Å²) in [4.78, 5) is 0. The van der Waals surface area contributed by atoms with Gasteiger partial charge in [0.1, 0.15) is 0 Å². The third-order valence-corrected chi connectivity index (χ3v) is 3.40.